The topological polar surface area (TPSA) is 66.5 Å². The minimum Gasteiger partial charge on any atom is -0.338 e. The Morgan fingerprint density at radius 2 is 2.19 bits per heavy atom. The van der Waals surface area contributed by atoms with Crippen molar-refractivity contribution in [3.05, 3.63) is 0 Å². The molecule has 0 aromatic heterocycles. The fourth-order valence-electron chi connectivity index (χ4n) is 1.92. The lowest BCUT2D eigenvalue weighted by Gasteiger charge is -2.29. The Labute approximate surface area is 97.1 Å². The SMILES string of the molecule is CCN(C(=O)C(C)S(C)(=O)=O)C1CCNC1. The predicted octanol–water partition coefficient (Wildman–Crippen LogP) is -0.370. The highest BCUT2D eigenvalue weighted by molar-refractivity contribution is 7.92. The van der Waals surface area contributed by atoms with Crippen LogP contribution in [0.2, 0.25) is 0 Å². The number of nitrogens with one attached hydrogen (secondary N) is 1. The summed E-state index contributed by atoms with van der Waals surface area (Å²) in [5, 5.41) is 2.24. The molecule has 1 heterocycles. The molecule has 2 unspecified atom stereocenters. The summed E-state index contributed by atoms with van der Waals surface area (Å²) in [5.74, 6) is -0.279. The zero-order chi connectivity index (χ0) is 12.3. The molecule has 1 amide bonds. The lowest BCUT2D eigenvalue weighted by atomic mass is 10.2. The minimum atomic E-state index is -3.30. The van der Waals surface area contributed by atoms with Gasteiger partial charge in [0.2, 0.25) is 5.91 Å². The lowest BCUT2D eigenvalue weighted by Crippen LogP contribution is -2.47. The van der Waals surface area contributed by atoms with Gasteiger partial charge in [-0.1, -0.05) is 0 Å². The second-order valence-electron chi connectivity index (χ2n) is 4.24. The van der Waals surface area contributed by atoms with Gasteiger partial charge in [-0.25, -0.2) is 8.42 Å². The van der Waals surface area contributed by atoms with Gasteiger partial charge < -0.3 is 10.2 Å². The first-order valence-electron chi connectivity index (χ1n) is 5.58. The summed E-state index contributed by atoms with van der Waals surface area (Å²) in [6, 6.07) is 0.140. The van der Waals surface area contributed by atoms with Crippen molar-refractivity contribution < 1.29 is 13.2 Å². The van der Waals surface area contributed by atoms with Crippen molar-refractivity contribution in [1.29, 1.82) is 0 Å². The van der Waals surface area contributed by atoms with Crippen LogP contribution < -0.4 is 5.32 Å². The minimum absolute atomic E-state index is 0.140. The van der Waals surface area contributed by atoms with Gasteiger partial charge in [-0.05, 0) is 26.8 Å². The van der Waals surface area contributed by atoms with E-state index in [1.165, 1.54) is 6.92 Å². The summed E-state index contributed by atoms with van der Waals surface area (Å²) in [4.78, 5) is 13.7. The van der Waals surface area contributed by atoms with E-state index in [0.29, 0.717) is 6.54 Å². The predicted molar refractivity (Wildman–Crippen MR) is 63.0 cm³/mol. The number of carbonyl (C=O) groups is 1. The summed E-state index contributed by atoms with van der Waals surface area (Å²) in [7, 11) is -3.30. The third-order valence-corrected chi connectivity index (χ3v) is 4.57. The fourth-order valence-corrected chi connectivity index (χ4v) is 2.42. The second-order valence-corrected chi connectivity index (χ2v) is 6.61. The van der Waals surface area contributed by atoms with Crippen LogP contribution in [0.25, 0.3) is 0 Å². The van der Waals surface area contributed by atoms with Crippen LogP contribution in [0.15, 0.2) is 0 Å². The van der Waals surface area contributed by atoms with Gasteiger partial charge in [0.25, 0.3) is 0 Å². The van der Waals surface area contributed by atoms with Gasteiger partial charge in [-0.2, -0.15) is 0 Å². The van der Waals surface area contributed by atoms with Crippen molar-refractivity contribution in [2.75, 3.05) is 25.9 Å². The molecule has 16 heavy (non-hydrogen) atoms. The van der Waals surface area contributed by atoms with E-state index in [9.17, 15) is 13.2 Å². The van der Waals surface area contributed by atoms with E-state index < -0.39 is 15.1 Å². The van der Waals surface area contributed by atoms with Crippen molar-refractivity contribution >= 4 is 15.7 Å². The molecule has 2 atom stereocenters. The number of carbonyl (C=O) groups excluding carboxylic acids is 1. The average Bonchev–Trinajstić information content (AvgIpc) is 2.69. The Hall–Kier alpha value is -0.620. The summed E-state index contributed by atoms with van der Waals surface area (Å²) in [6.45, 7) is 5.55. The number of nitrogens with zero attached hydrogens (tertiary/aromatic N) is 1. The average molecular weight is 248 g/mol. The maximum atomic E-state index is 12.0. The smallest absolute Gasteiger partial charge is 0.240 e. The molecule has 1 saturated heterocycles. The third kappa shape index (κ3) is 2.95. The summed E-state index contributed by atoms with van der Waals surface area (Å²) in [5.41, 5.74) is 0. The molecular weight excluding hydrogens is 228 g/mol. The van der Waals surface area contributed by atoms with E-state index in [1.807, 2.05) is 6.92 Å². The molecule has 0 aromatic rings. The van der Waals surface area contributed by atoms with Crippen molar-refractivity contribution in [3.8, 4) is 0 Å². The van der Waals surface area contributed by atoms with Crippen molar-refractivity contribution in [1.82, 2.24) is 10.2 Å². The van der Waals surface area contributed by atoms with Gasteiger partial charge in [-0.3, -0.25) is 4.79 Å². The highest BCUT2D eigenvalue weighted by Crippen LogP contribution is 2.12. The van der Waals surface area contributed by atoms with Gasteiger partial charge in [0.15, 0.2) is 9.84 Å². The highest BCUT2D eigenvalue weighted by atomic mass is 32.2. The van der Waals surface area contributed by atoms with E-state index in [2.05, 4.69) is 5.32 Å². The first-order chi connectivity index (χ1) is 7.38. The molecule has 0 aromatic carbocycles. The van der Waals surface area contributed by atoms with Crippen molar-refractivity contribution in [2.24, 2.45) is 0 Å². The van der Waals surface area contributed by atoms with Gasteiger partial charge in [0.1, 0.15) is 5.25 Å². The van der Waals surface area contributed by atoms with Crippen LogP contribution in [-0.4, -0.2) is 56.4 Å². The summed E-state index contributed by atoms with van der Waals surface area (Å²) >= 11 is 0. The molecule has 0 radical (unpaired) electrons. The molecule has 0 bridgehead atoms. The monoisotopic (exact) mass is 248 g/mol. The second kappa shape index (κ2) is 5.14. The Balaban J connectivity index is 2.76. The maximum absolute atomic E-state index is 12.0. The van der Waals surface area contributed by atoms with E-state index in [4.69, 9.17) is 0 Å². The van der Waals surface area contributed by atoms with Crippen molar-refractivity contribution in [3.63, 3.8) is 0 Å². The van der Waals surface area contributed by atoms with Crippen LogP contribution in [-0.2, 0) is 14.6 Å². The first kappa shape index (κ1) is 13.4. The van der Waals surface area contributed by atoms with Crippen LogP contribution in [0.3, 0.4) is 0 Å². The molecule has 1 rings (SSSR count). The first-order valence-corrected chi connectivity index (χ1v) is 7.53. The van der Waals surface area contributed by atoms with E-state index in [-0.39, 0.29) is 11.9 Å². The van der Waals surface area contributed by atoms with Crippen LogP contribution >= 0.6 is 0 Å². The van der Waals surface area contributed by atoms with Gasteiger partial charge in [0, 0.05) is 25.4 Å². The Morgan fingerprint density at radius 1 is 1.56 bits per heavy atom. The van der Waals surface area contributed by atoms with Crippen LogP contribution in [0.5, 0.6) is 0 Å². The molecule has 94 valence electrons. The van der Waals surface area contributed by atoms with Crippen molar-refractivity contribution in [2.45, 2.75) is 31.6 Å². The highest BCUT2D eigenvalue weighted by Gasteiger charge is 2.32. The number of hydrogen-bond acceptors (Lipinski definition) is 4. The fraction of sp³-hybridized carbons (Fsp3) is 0.900. The molecular formula is C10H20N2O3S. The maximum Gasteiger partial charge on any atom is 0.240 e. The van der Waals surface area contributed by atoms with E-state index >= 15 is 0 Å². The standard InChI is InChI=1S/C10H20N2O3S/c1-4-12(9-5-6-11-7-9)10(13)8(2)16(3,14)15/h8-9,11H,4-7H2,1-3H3. The molecule has 0 spiro atoms. The summed E-state index contributed by atoms with van der Waals surface area (Å²) < 4.78 is 22.7. The zero-order valence-electron chi connectivity index (χ0n) is 10.1. The quantitative estimate of drug-likeness (QED) is 0.737. The molecule has 1 N–H and O–H groups in total. The molecule has 5 nitrogen and oxygen atoms in total. The van der Waals surface area contributed by atoms with Crippen LogP contribution in [0.1, 0.15) is 20.3 Å². The molecule has 1 aliphatic rings. The number of hydrogen-bond donors (Lipinski definition) is 1. The lowest BCUT2D eigenvalue weighted by molar-refractivity contribution is -0.132. The Bertz CT molecular complexity index is 347. The van der Waals surface area contributed by atoms with Gasteiger partial charge in [0.05, 0.1) is 0 Å². The largest absolute Gasteiger partial charge is 0.338 e. The van der Waals surface area contributed by atoms with E-state index in [1.54, 1.807) is 4.90 Å². The van der Waals surface area contributed by atoms with E-state index in [0.717, 1.165) is 25.8 Å². The molecule has 1 aliphatic heterocycles. The normalized spacial score (nSPS) is 23.1. The van der Waals surface area contributed by atoms with Crippen LogP contribution in [0, 0.1) is 0 Å². The van der Waals surface area contributed by atoms with Gasteiger partial charge >= 0.3 is 0 Å². The van der Waals surface area contributed by atoms with Gasteiger partial charge in [-0.15, -0.1) is 0 Å². The van der Waals surface area contributed by atoms with Crippen LogP contribution in [0.4, 0.5) is 0 Å². The molecule has 6 heteroatoms. The Kier molecular flexibility index (Phi) is 4.32. The Morgan fingerprint density at radius 3 is 2.56 bits per heavy atom. The zero-order valence-corrected chi connectivity index (χ0v) is 10.9. The number of likely N-dealkylation sites (N-methyl/N-ethyl adjacent to an activating group) is 1. The third-order valence-electron chi connectivity index (χ3n) is 3.09. The number of sulfone groups is 1. The molecule has 0 aliphatic carbocycles. The molecule has 1 fully saturated rings. The summed E-state index contributed by atoms with van der Waals surface area (Å²) in [6.07, 6.45) is 2.01. The number of amides is 1. The molecule has 0 saturated carbocycles. The number of rotatable bonds is 4.